The molecule has 0 aliphatic rings. The first-order chi connectivity index (χ1) is 11.2. The third-order valence-electron chi connectivity index (χ3n) is 2.98. The molecule has 1 amide bonds. The van der Waals surface area contributed by atoms with Gasteiger partial charge in [0.25, 0.3) is 0 Å². The molecule has 0 fully saturated rings. The van der Waals surface area contributed by atoms with Crippen LogP contribution in [0.5, 0.6) is 0 Å². The standard InChI is InChI=1S/C17H19NO4S/c1-21-10-11-23(20)13-14-4-2-5-15(12-14)18-17(19)8-7-16-6-3-9-22-16/h2-9,12H,10-11,13H2,1H3,(H,18,19)/b8-7+. The Morgan fingerprint density at radius 3 is 2.96 bits per heavy atom. The molecule has 0 aliphatic carbocycles. The maximum atomic E-state index is 11.9. The highest BCUT2D eigenvalue weighted by Crippen LogP contribution is 2.13. The van der Waals surface area contributed by atoms with E-state index in [1.54, 1.807) is 37.6 Å². The van der Waals surface area contributed by atoms with E-state index >= 15 is 0 Å². The lowest BCUT2D eigenvalue weighted by Gasteiger charge is -2.06. The molecule has 2 aromatic rings. The normalized spacial score (nSPS) is 12.4. The van der Waals surface area contributed by atoms with E-state index in [0.29, 0.717) is 29.6 Å². The Labute approximate surface area is 137 Å². The van der Waals surface area contributed by atoms with Crippen molar-refractivity contribution in [3.05, 3.63) is 60.1 Å². The number of furan rings is 1. The molecule has 0 saturated heterocycles. The molecule has 1 aromatic heterocycles. The third kappa shape index (κ3) is 6.22. The number of carbonyl (C=O) groups is 1. The molecule has 0 spiro atoms. The maximum Gasteiger partial charge on any atom is 0.248 e. The van der Waals surface area contributed by atoms with Gasteiger partial charge in [0.15, 0.2) is 0 Å². The molecule has 23 heavy (non-hydrogen) atoms. The van der Waals surface area contributed by atoms with Gasteiger partial charge in [-0.25, -0.2) is 0 Å². The van der Waals surface area contributed by atoms with E-state index in [-0.39, 0.29) is 5.91 Å². The topological polar surface area (TPSA) is 68.5 Å². The number of amides is 1. The number of methoxy groups -OCH3 is 1. The van der Waals surface area contributed by atoms with Crippen molar-refractivity contribution in [3.8, 4) is 0 Å². The largest absolute Gasteiger partial charge is 0.465 e. The Kier molecular flexibility index (Phi) is 6.77. The molecule has 6 heteroatoms. The molecule has 0 aliphatic heterocycles. The fourth-order valence-electron chi connectivity index (χ4n) is 1.90. The molecule has 0 saturated carbocycles. The average Bonchev–Trinajstić information content (AvgIpc) is 3.05. The van der Waals surface area contributed by atoms with Crippen LogP contribution in [-0.2, 0) is 26.1 Å². The van der Waals surface area contributed by atoms with E-state index in [4.69, 9.17) is 9.15 Å². The van der Waals surface area contributed by atoms with Gasteiger partial charge in [-0.1, -0.05) is 12.1 Å². The van der Waals surface area contributed by atoms with Gasteiger partial charge in [-0.3, -0.25) is 9.00 Å². The fourth-order valence-corrected chi connectivity index (χ4v) is 2.95. The predicted molar refractivity (Wildman–Crippen MR) is 91.4 cm³/mol. The van der Waals surface area contributed by atoms with Crippen LogP contribution in [0, 0.1) is 0 Å². The van der Waals surface area contributed by atoms with Gasteiger partial charge in [-0.05, 0) is 35.9 Å². The van der Waals surface area contributed by atoms with Crippen LogP contribution in [0.1, 0.15) is 11.3 Å². The second-order valence-corrected chi connectivity index (χ2v) is 6.40. The van der Waals surface area contributed by atoms with Gasteiger partial charge >= 0.3 is 0 Å². The van der Waals surface area contributed by atoms with Crippen LogP contribution in [0.3, 0.4) is 0 Å². The zero-order valence-electron chi connectivity index (χ0n) is 12.9. The van der Waals surface area contributed by atoms with Gasteiger partial charge in [-0.2, -0.15) is 0 Å². The number of nitrogens with one attached hydrogen (secondary N) is 1. The summed E-state index contributed by atoms with van der Waals surface area (Å²) in [4.78, 5) is 11.9. The van der Waals surface area contributed by atoms with Gasteiger partial charge in [-0.15, -0.1) is 0 Å². The summed E-state index contributed by atoms with van der Waals surface area (Å²) >= 11 is 0. The van der Waals surface area contributed by atoms with E-state index in [0.717, 1.165) is 5.56 Å². The highest BCUT2D eigenvalue weighted by molar-refractivity contribution is 7.84. The lowest BCUT2D eigenvalue weighted by molar-refractivity contribution is -0.111. The Morgan fingerprint density at radius 1 is 1.35 bits per heavy atom. The van der Waals surface area contributed by atoms with Gasteiger partial charge in [0.1, 0.15) is 5.76 Å². The third-order valence-corrected chi connectivity index (χ3v) is 4.26. The van der Waals surface area contributed by atoms with E-state index in [1.165, 1.54) is 6.08 Å². The SMILES string of the molecule is COCCS(=O)Cc1cccc(NC(=O)/C=C/c2ccco2)c1. The van der Waals surface area contributed by atoms with Crippen LogP contribution in [0.25, 0.3) is 6.08 Å². The van der Waals surface area contributed by atoms with Gasteiger partial charge < -0.3 is 14.5 Å². The first-order valence-electron chi connectivity index (χ1n) is 7.13. The molecule has 0 radical (unpaired) electrons. The molecule has 122 valence electrons. The smallest absolute Gasteiger partial charge is 0.248 e. The highest BCUT2D eigenvalue weighted by Gasteiger charge is 2.04. The minimum Gasteiger partial charge on any atom is -0.465 e. The molecular weight excluding hydrogens is 314 g/mol. The van der Waals surface area contributed by atoms with Crippen molar-refractivity contribution in [1.82, 2.24) is 0 Å². The molecule has 1 aromatic carbocycles. The van der Waals surface area contributed by atoms with Crippen LogP contribution >= 0.6 is 0 Å². The van der Waals surface area contributed by atoms with Crippen LogP contribution in [0.4, 0.5) is 5.69 Å². The first-order valence-corrected chi connectivity index (χ1v) is 8.61. The second-order valence-electron chi connectivity index (χ2n) is 4.82. The number of anilines is 1. The fraction of sp³-hybridized carbons (Fsp3) is 0.235. The number of hydrogen-bond acceptors (Lipinski definition) is 4. The van der Waals surface area contributed by atoms with E-state index in [1.807, 2.05) is 18.2 Å². The maximum absolute atomic E-state index is 11.9. The van der Waals surface area contributed by atoms with Crippen molar-refractivity contribution in [2.75, 3.05) is 24.8 Å². The molecule has 1 atom stereocenters. The van der Waals surface area contributed by atoms with E-state index in [9.17, 15) is 9.00 Å². The Hall–Kier alpha value is -2.18. The zero-order valence-corrected chi connectivity index (χ0v) is 13.7. The number of rotatable bonds is 8. The number of hydrogen-bond donors (Lipinski definition) is 1. The second kappa shape index (κ2) is 9.07. The number of carbonyl (C=O) groups excluding carboxylic acids is 1. The summed E-state index contributed by atoms with van der Waals surface area (Å²) in [6, 6.07) is 10.8. The van der Waals surface area contributed by atoms with Gasteiger partial charge in [0.2, 0.25) is 5.91 Å². The van der Waals surface area contributed by atoms with Crippen LogP contribution < -0.4 is 5.32 Å². The number of benzene rings is 1. The van der Waals surface area contributed by atoms with Crippen molar-refractivity contribution < 1.29 is 18.2 Å². The van der Waals surface area contributed by atoms with Crippen molar-refractivity contribution in [2.45, 2.75) is 5.75 Å². The van der Waals surface area contributed by atoms with Crippen molar-refractivity contribution in [2.24, 2.45) is 0 Å². The Bertz CT molecular complexity index is 680. The summed E-state index contributed by atoms with van der Waals surface area (Å²) in [5, 5.41) is 2.77. The van der Waals surface area contributed by atoms with E-state index < -0.39 is 10.8 Å². The van der Waals surface area contributed by atoms with Gasteiger partial charge in [0, 0.05) is 41.2 Å². The molecule has 5 nitrogen and oxygen atoms in total. The highest BCUT2D eigenvalue weighted by atomic mass is 32.2. The lowest BCUT2D eigenvalue weighted by atomic mass is 10.2. The summed E-state index contributed by atoms with van der Waals surface area (Å²) in [6.45, 7) is 0.473. The average molecular weight is 333 g/mol. The predicted octanol–water partition coefficient (Wildman–Crippen LogP) is 2.83. The minimum absolute atomic E-state index is 0.251. The molecular formula is C17H19NO4S. The summed E-state index contributed by atoms with van der Waals surface area (Å²) in [7, 11) is 0.607. The summed E-state index contributed by atoms with van der Waals surface area (Å²) < 4.78 is 21.9. The quantitative estimate of drug-likeness (QED) is 0.754. The molecule has 1 unspecified atom stereocenters. The van der Waals surface area contributed by atoms with Crippen LogP contribution in [0.15, 0.2) is 53.2 Å². The molecule has 1 N–H and O–H groups in total. The van der Waals surface area contributed by atoms with E-state index in [2.05, 4.69) is 5.32 Å². The summed E-state index contributed by atoms with van der Waals surface area (Å²) in [6.07, 6.45) is 4.55. The molecule has 0 bridgehead atoms. The van der Waals surface area contributed by atoms with Crippen molar-refractivity contribution in [3.63, 3.8) is 0 Å². The first kappa shape index (κ1) is 17.2. The molecule has 1 heterocycles. The zero-order chi connectivity index (χ0) is 16.5. The van der Waals surface area contributed by atoms with Crippen LogP contribution in [-0.4, -0.2) is 29.6 Å². The van der Waals surface area contributed by atoms with Crippen molar-refractivity contribution in [1.29, 1.82) is 0 Å². The number of ether oxygens (including phenoxy) is 1. The minimum atomic E-state index is -0.980. The Balaban J connectivity index is 1.91. The van der Waals surface area contributed by atoms with Gasteiger partial charge in [0.05, 0.1) is 12.9 Å². The van der Waals surface area contributed by atoms with Crippen molar-refractivity contribution >= 4 is 28.5 Å². The van der Waals surface area contributed by atoms with Crippen LogP contribution in [0.2, 0.25) is 0 Å². The molecule has 2 rings (SSSR count). The lowest BCUT2D eigenvalue weighted by Crippen LogP contribution is -2.09. The Morgan fingerprint density at radius 2 is 2.22 bits per heavy atom. The summed E-state index contributed by atoms with van der Waals surface area (Å²) in [5.41, 5.74) is 1.58. The summed E-state index contributed by atoms with van der Waals surface area (Å²) in [5.74, 6) is 1.30. The monoisotopic (exact) mass is 333 g/mol.